The Morgan fingerprint density at radius 2 is 2.16 bits per heavy atom. The van der Waals surface area contributed by atoms with Gasteiger partial charge in [0, 0.05) is 17.1 Å². The average Bonchev–Trinajstić information content (AvgIpc) is 2.62. The third kappa shape index (κ3) is 3.57. The van der Waals surface area contributed by atoms with Gasteiger partial charge in [-0.1, -0.05) is 18.2 Å². The lowest BCUT2D eigenvalue weighted by Crippen LogP contribution is -2.42. The number of halogens is 1. The number of nitrogen functional groups attached to an aromatic ring is 2. The van der Waals surface area contributed by atoms with Crippen LogP contribution in [-0.4, -0.2) is 40.5 Å². The largest absolute Gasteiger partial charge is 0.381 e. The molecule has 0 aliphatic carbocycles. The van der Waals surface area contributed by atoms with Gasteiger partial charge in [0.1, 0.15) is 0 Å². The van der Waals surface area contributed by atoms with Crippen LogP contribution in [0.4, 0.5) is 11.6 Å². The topological polar surface area (TPSA) is 107 Å². The quantitative estimate of drug-likeness (QED) is 0.812. The second-order valence-electron chi connectivity index (χ2n) is 5.63. The highest BCUT2D eigenvalue weighted by Gasteiger charge is 2.28. The van der Waals surface area contributed by atoms with Crippen LogP contribution in [0.15, 0.2) is 37.1 Å². The Morgan fingerprint density at radius 3 is 2.88 bits per heavy atom. The van der Waals surface area contributed by atoms with Gasteiger partial charge in [-0.3, -0.25) is 4.79 Å². The summed E-state index contributed by atoms with van der Waals surface area (Å²) in [5.41, 5.74) is 13.5. The van der Waals surface area contributed by atoms with E-state index in [-0.39, 0.29) is 23.6 Å². The van der Waals surface area contributed by atoms with Crippen molar-refractivity contribution in [3.8, 4) is 11.3 Å². The summed E-state index contributed by atoms with van der Waals surface area (Å²) in [4.78, 5) is 22.1. The minimum Gasteiger partial charge on any atom is -0.381 e. The molecule has 25 heavy (non-hydrogen) atoms. The third-order valence-corrected chi connectivity index (χ3v) is 4.23. The number of hydrogen-bond donors (Lipinski definition) is 2. The molecule has 4 N–H and O–H groups in total. The van der Waals surface area contributed by atoms with Gasteiger partial charge in [-0.05, 0) is 29.8 Å². The summed E-state index contributed by atoms with van der Waals surface area (Å²) in [6, 6.07) is 5.21. The molecule has 7 nitrogen and oxygen atoms in total. The van der Waals surface area contributed by atoms with Crippen molar-refractivity contribution in [1.29, 1.82) is 0 Å². The van der Waals surface area contributed by atoms with E-state index in [0.29, 0.717) is 30.5 Å². The summed E-state index contributed by atoms with van der Waals surface area (Å²) in [6.07, 6.45) is 2.83. The predicted molar refractivity (Wildman–Crippen MR) is 96.8 cm³/mol. The van der Waals surface area contributed by atoms with Crippen LogP contribution >= 0.6 is 11.6 Å². The van der Waals surface area contributed by atoms with E-state index in [1.807, 2.05) is 12.1 Å². The molecule has 0 radical (unpaired) electrons. The molecule has 1 atom stereocenters. The van der Waals surface area contributed by atoms with E-state index in [4.69, 9.17) is 27.8 Å². The fraction of sp³-hybridized carbons (Fsp3) is 0.235. The minimum atomic E-state index is -0.254. The van der Waals surface area contributed by atoms with Crippen molar-refractivity contribution in [2.24, 2.45) is 0 Å². The fourth-order valence-corrected chi connectivity index (χ4v) is 3.01. The number of benzene rings is 1. The van der Waals surface area contributed by atoms with E-state index in [1.54, 1.807) is 11.0 Å². The Kier molecular flexibility index (Phi) is 4.87. The molecule has 1 aliphatic heterocycles. The molecule has 130 valence electrons. The normalized spacial score (nSPS) is 17.3. The maximum Gasteiger partial charge on any atom is 0.246 e. The van der Waals surface area contributed by atoms with Gasteiger partial charge < -0.3 is 21.1 Å². The highest BCUT2D eigenvalue weighted by molar-refractivity contribution is 6.31. The minimum absolute atomic E-state index is 0.147. The molecule has 2 aromatic rings. The van der Waals surface area contributed by atoms with Gasteiger partial charge in [-0.25, -0.2) is 9.97 Å². The number of aromatic nitrogens is 2. The lowest BCUT2D eigenvalue weighted by molar-refractivity contribution is -0.134. The van der Waals surface area contributed by atoms with Gasteiger partial charge in [0.2, 0.25) is 5.91 Å². The Labute approximate surface area is 150 Å². The number of amides is 1. The first-order valence-corrected chi connectivity index (χ1v) is 8.07. The summed E-state index contributed by atoms with van der Waals surface area (Å²) < 4.78 is 5.55. The van der Waals surface area contributed by atoms with Crippen molar-refractivity contribution in [3.63, 3.8) is 0 Å². The first-order valence-electron chi connectivity index (χ1n) is 7.69. The number of anilines is 2. The molecule has 1 aliphatic rings. The van der Waals surface area contributed by atoms with E-state index in [0.717, 1.165) is 11.1 Å². The van der Waals surface area contributed by atoms with Gasteiger partial charge >= 0.3 is 0 Å². The number of carbonyl (C=O) groups excluding carboxylic acids is 1. The van der Waals surface area contributed by atoms with E-state index in [1.165, 1.54) is 12.3 Å². The molecule has 8 heteroatoms. The molecule has 1 saturated heterocycles. The summed E-state index contributed by atoms with van der Waals surface area (Å²) in [6.45, 7) is 4.93. The first kappa shape index (κ1) is 17.2. The summed E-state index contributed by atoms with van der Waals surface area (Å²) in [7, 11) is 0. The van der Waals surface area contributed by atoms with Gasteiger partial charge in [0.25, 0.3) is 0 Å². The van der Waals surface area contributed by atoms with Crippen molar-refractivity contribution < 1.29 is 9.53 Å². The second-order valence-corrected chi connectivity index (χ2v) is 6.06. The zero-order chi connectivity index (χ0) is 18.0. The smallest absolute Gasteiger partial charge is 0.246 e. The standard InChI is InChI=1S/C17H18ClN5O2/c1-2-15(24)23-3-4-25-9-14(23)11-5-10(6-12(18)7-11)13-8-21-16(19)17(20)22-13/h2,5-8,14H,1,3-4,9H2,(H2,19,21)(H2,20,22)/t14-/m0/s1. The SMILES string of the molecule is C=CC(=O)N1CCOC[C@H]1c1cc(Cl)cc(-c2cnc(N)c(N)n2)c1. The maximum atomic E-state index is 12.1. The number of morpholine rings is 1. The molecule has 2 heterocycles. The van der Waals surface area contributed by atoms with Gasteiger partial charge in [0.15, 0.2) is 11.6 Å². The van der Waals surface area contributed by atoms with Crippen molar-refractivity contribution in [3.05, 3.63) is 47.6 Å². The lowest BCUT2D eigenvalue weighted by Gasteiger charge is -2.35. The zero-order valence-electron chi connectivity index (χ0n) is 13.5. The number of carbonyl (C=O) groups is 1. The first-order chi connectivity index (χ1) is 12.0. The highest BCUT2D eigenvalue weighted by Crippen LogP contribution is 2.31. The Bertz CT molecular complexity index is 827. The fourth-order valence-electron chi connectivity index (χ4n) is 2.77. The molecule has 3 rings (SSSR count). The molecule has 0 unspecified atom stereocenters. The number of nitrogens with two attached hydrogens (primary N) is 2. The molecule has 0 spiro atoms. The Balaban J connectivity index is 2.02. The monoisotopic (exact) mass is 359 g/mol. The van der Waals surface area contributed by atoms with Gasteiger partial charge in [-0.15, -0.1) is 0 Å². The van der Waals surface area contributed by atoms with E-state index >= 15 is 0 Å². The van der Waals surface area contributed by atoms with Crippen LogP contribution in [0, 0.1) is 0 Å². The third-order valence-electron chi connectivity index (χ3n) is 4.02. The molecule has 1 aromatic carbocycles. The zero-order valence-corrected chi connectivity index (χ0v) is 14.2. The van der Waals surface area contributed by atoms with Crippen LogP contribution < -0.4 is 11.5 Å². The Morgan fingerprint density at radius 1 is 1.36 bits per heavy atom. The van der Waals surface area contributed by atoms with Gasteiger partial charge in [-0.2, -0.15) is 0 Å². The molecule has 1 aromatic heterocycles. The van der Waals surface area contributed by atoms with Crippen LogP contribution in [0.1, 0.15) is 11.6 Å². The summed E-state index contributed by atoms with van der Waals surface area (Å²) in [5, 5.41) is 0.515. The van der Waals surface area contributed by atoms with Crippen molar-refractivity contribution in [2.45, 2.75) is 6.04 Å². The van der Waals surface area contributed by atoms with E-state index in [2.05, 4.69) is 16.5 Å². The molecular formula is C17H18ClN5O2. The molecular weight excluding hydrogens is 342 g/mol. The van der Waals surface area contributed by atoms with Crippen LogP contribution in [0.2, 0.25) is 5.02 Å². The lowest BCUT2D eigenvalue weighted by atomic mass is 10.0. The molecule has 0 bridgehead atoms. The van der Waals surface area contributed by atoms with Crippen LogP contribution in [0.25, 0.3) is 11.3 Å². The Hall–Kier alpha value is -2.64. The highest BCUT2D eigenvalue weighted by atomic mass is 35.5. The van der Waals surface area contributed by atoms with Crippen molar-refractivity contribution in [1.82, 2.24) is 14.9 Å². The second kappa shape index (κ2) is 7.08. The van der Waals surface area contributed by atoms with Crippen molar-refractivity contribution in [2.75, 3.05) is 31.2 Å². The van der Waals surface area contributed by atoms with E-state index in [9.17, 15) is 4.79 Å². The molecule has 0 saturated carbocycles. The van der Waals surface area contributed by atoms with Crippen LogP contribution in [0.5, 0.6) is 0 Å². The van der Waals surface area contributed by atoms with Crippen LogP contribution in [0.3, 0.4) is 0 Å². The average molecular weight is 360 g/mol. The van der Waals surface area contributed by atoms with Gasteiger partial charge in [0.05, 0.1) is 31.1 Å². The number of rotatable bonds is 3. The maximum absolute atomic E-state index is 12.1. The number of ether oxygens (including phenoxy) is 1. The molecule has 1 fully saturated rings. The van der Waals surface area contributed by atoms with E-state index < -0.39 is 0 Å². The number of nitrogens with zero attached hydrogens (tertiary/aromatic N) is 3. The predicted octanol–water partition coefficient (Wildman–Crippen LogP) is 2.05. The number of hydrogen-bond acceptors (Lipinski definition) is 6. The summed E-state index contributed by atoms with van der Waals surface area (Å²) in [5.74, 6) is 0.185. The molecule has 1 amide bonds. The van der Waals surface area contributed by atoms with Crippen LogP contribution in [-0.2, 0) is 9.53 Å². The summed E-state index contributed by atoms with van der Waals surface area (Å²) >= 11 is 6.28. The van der Waals surface area contributed by atoms with Crippen molar-refractivity contribution >= 4 is 29.1 Å².